The summed E-state index contributed by atoms with van der Waals surface area (Å²) in [7, 11) is 0. The second kappa shape index (κ2) is 3.50. The van der Waals surface area contributed by atoms with Gasteiger partial charge in [-0.1, -0.05) is 36.4 Å². The van der Waals surface area contributed by atoms with Crippen LogP contribution in [0.5, 0.6) is 0 Å². The van der Waals surface area contributed by atoms with Gasteiger partial charge in [0.05, 0.1) is 0 Å². The van der Waals surface area contributed by atoms with Crippen molar-refractivity contribution in [2.45, 2.75) is 5.54 Å². The smallest absolute Gasteiger partial charge is 0.153 e. The number of allylic oxidation sites excluding steroid dienone is 2. The van der Waals surface area contributed by atoms with Crippen LogP contribution in [0.4, 0.5) is 0 Å². The molecule has 0 fully saturated rings. The Morgan fingerprint density at radius 2 is 1.93 bits per heavy atom. The first kappa shape index (κ1) is 8.75. The molecule has 1 aromatic rings. The van der Waals surface area contributed by atoms with Crippen molar-refractivity contribution in [3.05, 3.63) is 60.3 Å². The lowest BCUT2D eigenvalue weighted by atomic mass is 9.90. The second-order valence-corrected chi connectivity index (χ2v) is 3.22. The summed E-state index contributed by atoms with van der Waals surface area (Å²) in [5.41, 5.74) is 0.270. The standard InChI is InChI=1S/C12H11NO/c14-10-12(8-4-5-9-13-12)11-6-2-1-3-7-11/h1-10,13H. The van der Waals surface area contributed by atoms with Crippen molar-refractivity contribution in [2.24, 2.45) is 0 Å². The van der Waals surface area contributed by atoms with Gasteiger partial charge in [0, 0.05) is 0 Å². The molecular formula is C12H11NO. The molecule has 1 atom stereocenters. The number of carbonyl (C=O) groups excluding carboxylic acids is 1. The van der Waals surface area contributed by atoms with Gasteiger partial charge in [-0.05, 0) is 23.9 Å². The molecule has 1 heterocycles. The molecule has 1 aliphatic rings. The third-order valence-electron chi connectivity index (χ3n) is 2.33. The highest BCUT2D eigenvalue weighted by Crippen LogP contribution is 2.22. The van der Waals surface area contributed by atoms with Gasteiger partial charge in [-0.3, -0.25) is 4.79 Å². The fraction of sp³-hybridized carbons (Fsp3) is 0.0833. The van der Waals surface area contributed by atoms with E-state index in [4.69, 9.17) is 0 Å². The van der Waals surface area contributed by atoms with E-state index in [2.05, 4.69) is 5.32 Å². The number of carbonyl (C=O) groups is 1. The molecule has 0 saturated carbocycles. The summed E-state index contributed by atoms with van der Waals surface area (Å²) in [5.74, 6) is 0. The van der Waals surface area contributed by atoms with E-state index in [1.165, 1.54) is 0 Å². The van der Waals surface area contributed by atoms with E-state index < -0.39 is 5.54 Å². The first-order chi connectivity index (χ1) is 6.87. The van der Waals surface area contributed by atoms with Crippen LogP contribution in [0.15, 0.2) is 54.8 Å². The lowest BCUT2D eigenvalue weighted by Gasteiger charge is -2.27. The van der Waals surface area contributed by atoms with E-state index >= 15 is 0 Å². The zero-order valence-corrected chi connectivity index (χ0v) is 7.68. The van der Waals surface area contributed by atoms with Gasteiger partial charge in [0.1, 0.15) is 5.54 Å². The van der Waals surface area contributed by atoms with Gasteiger partial charge in [0.15, 0.2) is 6.29 Å². The Balaban J connectivity index is 2.44. The number of hydrogen-bond donors (Lipinski definition) is 1. The molecule has 1 aliphatic heterocycles. The Hall–Kier alpha value is -1.83. The molecule has 2 nitrogen and oxygen atoms in total. The number of dihydropyridines is 1. The van der Waals surface area contributed by atoms with Crippen LogP contribution in [-0.2, 0) is 10.3 Å². The minimum Gasteiger partial charge on any atom is -0.372 e. The molecule has 70 valence electrons. The van der Waals surface area contributed by atoms with Crippen LogP contribution in [-0.4, -0.2) is 6.29 Å². The molecule has 2 heteroatoms. The first-order valence-electron chi connectivity index (χ1n) is 4.51. The molecule has 0 aromatic heterocycles. The predicted molar refractivity (Wildman–Crippen MR) is 55.6 cm³/mol. The SMILES string of the molecule is O=CC1(c2ccccc2)C=CC=CN1. The summed E-state index contributed by atoms with van der Waals surface area (Å²) in [5, 5.41) is 3.06. The summed E-state index contributed by atoms with van der Waals surface area (Å²) in [6.45, 7) is 0. The predicted octanol–water partition coefficient (Wildman–Crippen LogP) is 1.75. The van der Waals surface area contributed by atoms with Gasteiger partial charge >= 0.3 is 0 Å². The van der Waals surface area contributed by atoms with Crippen molar-refractivity contribution in [1.29, 1.82) is 0 Å². The summed E-state index contributed by atoms with van der Waals surface area (Å²) >= 11 is 0. The van der Waals surface area contributed by atoms with E-state index in [1.807, 2.05) is 48.6 Å². The second-order valence-electron chi connectivity index (χ2n) is 3.22. The average molecular weight is 185 g/mol. The summed E-state index contributed by atoms with van der Waals surface area (Å²) < 4.78 is 0. The fourth-order valence-corrected chi connectivity index (χ4v) is 1.53. The van der Waals surface area contributed by atoms with Gasteiger partial charge in [-0.15, -0.1) is 0 Å². The summed E-state index contributed by atoms with van der Waals surface area (Å²) in [6.07, 6.45) is 8.29. The molecule has 14 heavy (non-hydrogen) atoms. The van der Waals surface area contributed by atoms with Crippen LogP contribution in [0.3, 0.4) is 0 Å². The molecule has 1 aromatic carbocycles. The van der Waals surface area contributed by atoms with Crippen molar-refractivity contribution in [3.63, 3.8) is 0 Å². The Labute approximate surface area is 82.9 Å². The molecule has 0 bridgehead atoms. The summed E-state index contributed by atoms with van der Waals surface area (Å²) in [4.78, 5) is 11.1. The van der Waals surface area contributed by atoms with Crippen molar-refractivity contribution in [3.8, 4) is 0 Å². The van der Waals surface area contributed by atoms with E-state index in [0.717, 1.165) is 11.8 Å². The first-order valence-corrected chi connectivity index (χ1v) is 4.51. The molecule has 0 spiro atoms. The third kappa shape index (κ3) is 1.35. The van der Waals surface area contributed by atoms with Crippen LogP contribution in [0.25, 0.3) is 0 Å². The van der Waals surface area contributed by atoms with Crippen LogP contribution < -0.4 is 5.32 Å². The molecular weight excluding hydrogens is 174 g/mol. The van der Waals surface area contributed by atoms with Gasteiger partial charge in [0.2, 0.25) is 0 Å². The van der Waals surface area contributed by atoms with Gasteiger partial charge < -0.3 is 5.32 Å². The Morgan fingerprint density at radius 3 is 2.50 bits per heavy atom. The Bertz CT molecular complexity index is 381. The lowest BCUT2D eigenvalue weighted by Crippen LogP contribution is -2.40. The van der Waals surface area contributed by atoms with Crippen molar-refractivity contribution >= 4 is 6.29 Å². The maximum Gasteiger partial charge on any atom is 0.153 e. The number of benzene rings is 1. The van der Waals surface area contributed by atoms with Crippen LogP contribution >= 0.6 is 0 Å². The van der Waals surface area contributed by atoms with E-state index in [1.54, 1.807) is 6.20 Å². The molecule has 1 N–H and O–H groups in total. The molecule has 0 aliphatic carbocycles. The molecule has 2 rings (SSSR count). The lowest BCUT2D eigenvalue weighted by molar-refractivity contribution is -0.111. The maximum absolute atomic E-state index is 11.1. The molecule has 0 saturated heterocycles. The quantitative estimate of drug-likeness (QED) is 0.711. The zero-order chi connectivity index (χ0) is 9.86. The minimum absolute atomic E-state index is 0.685. The summed E-state index contributed by atoms with van der Waals surface area (Å²) in [6, 6.07) is 9.66. The van der Waals surface area contributed by atoms with E-state index in [0.29, 0.717) is 0 Å². The fourth-order valence-electron chi connectivity index (χ4n) is 1.53. The van der Waals surface area contributed by atoms with Crippen molar-refractivity contribution in [2.75, 3.05) is 0 Å². The van der Waals surface area contributed by atoms with Gasteiger partial charge in [0.25, 0.3) is 0 Å². The monoisotopic (exact) mass is 185 g/mol. The average Bonchev–Trinajstić information content (AvgIpc) is 2.31. The molecule has 0 radical (unpaired) electrons. The number of rotatable bonds is 2. The van der Waals surface area contributed by atoms with E-state index in [-0.39, 0.29) is 0 Å². The van der Waals surface area contributed by atoms with Crippen LogP contribution in [0.2, 0.25) is 0 Å². The van der Waals surface area contributed by atoms with Crippen molar-refractivity contribution < 1.29 is 4.79 Å². The zero-order valence-electron chi connectivity index (χ0n) is 7.68. The van der Waals surface area contributed by atoms with Crippen LogP contribution in [0, 0.1) is 0 Å². The van der Waals surface area contributed by atoms with Gasteiger partial charge in [-0.25, -0.2) is 0 Å². The topological polar surface area (TPSA) is 29.1 Å². The molecule has 1 unspecified atom stereocenters. The Kier molecular flexibility index (Phi) is 2.19. The highest BCUT2D eigenvalue weighted by atomic mass is 16.1. The van der Waals surface area contributed by atoms with Crippen molar-refractivity contribution in [1.82, 2.24) is 5.32 Å². The van der Waals surface area contributed by atoms with E-state index in [9.17, 15) is 4.79 Å². The van der Waals surface area contributed by atoms with Crippen LogP contribution in [0.1, 0.15) is 5.56 Å². The number of aldehydes is 1. The van der Waals surface area contributed by atoms with Gasteiger partial charge in [-0.2, -0.15) is 0 Å². The Morgan fingerprint density at radius 1 is 1.14 bits per heavy atom. The maximum atomic E-state index is 11.1. The minimum atomic E-state index is -0.685. The highest BCUT2D eigenvalue weighted by molar-refractivity contribution is 5.72. The third-order valence-corrected chi connectivity index (χ3v) is 2.33. The largest absolute Gasteiger partial charge is 0.372 e. The number of nitrogens with one attached hydrogen (secondary N) is 1. The molecule has 0 amide bonds. The number of hydrogen-bond acceptors (Lipinski definition) is 2. The normalized spacial score (nSPS) is 24.3. The highest BCUT2D eigenvalue weighted by Gasteiger charge is 2.27.